The lowest BCUT2D eigenvalue weighted by atomic mass is 10.0. The topological polar surface area (TPSA) is 98.2 Å². The number of ether oxygens (including phenoxy) is 3. The summed E-state index contributed by atoms with van der Waals surface area (Å²) in [7, 11) is 3.30. The number of rotatable bonds is 14. The Hall–Kier alpha value is -3.11. The number of carbonyl (C=O) groups excluding carboxylic acids is 1. The van der Waals surface area contributed by atoms with Crippen LogP contribution in [-0.4, -0.2) is 79.7 Å². The zero-order chi connectivity index (χ0) is 27.5. The van der Waals surface area contributed by atoms with Gasteiger partial charge in [0.2, 0.25) is 5.91 Å². The van der Waals surface area contributed by atoms with E-state index < -0.39 is 0 Å². The van der Waals surface area contributed by atoms with Crippen LogP contribution in [0.4, 0.5) is 11.5 Å². The third-order valence-corrected chi connectivity index (χ3v) is 6.58. The van der Waals surface area contributed by atoms with Gasteiger partial charge in [-0.25, -0.2) is 15.0 Å². The van der Waals surface area contributed by atoms with Gasteiger partial charge in [0.1, 0.15) is 18.7 Å². The van der Waals surface area contributed by atoms with Crippen LogP contribution in [0.1, 0.15) is 20.3 Å². The second-order valence-electron chi connectivity index (χ2n) is 9.11. The number of anilines is 1. The van der Waals surface area contributed by atoms with Crippen molar-refractivity contribution in [1.29, 1.82) is 0 Å². The fraction of sp³-hybridized carbons (Fsp3) is 0.429. The van der Waals surface area contributed by atoms with Crippen LogP contribution >= 0.6 is 11.6 Å². The molecule has 0 bridgehead atoms. The van der Waals surface area contributed by atoms with Crippen molar-refractivity contribution in [2.75, 3.05) is 52.4 Å². The summed E-state index contributed by atoms with van der Waals surface area (Å²) in [6.45, 7) is 10.9. The normalized spacial score (nSPS) is 16.7. The maximum atomic E-state index is 12.8. The van der Waals surface area contributed by atoms with Gasteiger partial charge in [0.05, 0.1) is 30.1 Å². The fourth-order valence-electron chi connectivity index (χ4n) is 3.76. The maximum absolute atomic E-state index is 12.8. The second kappa shape index (κ2) is 14.7. The summed E-state index contributed by atoms with van der Waals surface area (Å²) in [5, 5.41) is 4.22. The van der Waals surface area contributed by atoms with Crippen LogP contribution in [0.5, 0.6) is 5.75 Å². The molecule has 10 heteroatoms. The van der Waals surface area contributed by atoms with Gasteiger partial charge in [-0.2, -0.15) is 0 Å². The van der Waals surface area contributed by atoms with Gasteiger partial charge in [0.25, 0.3) is 0 Å². The van der Waals surface area contributed by atoms with Gasteiger partial charge in [-0.05, 0) is 30.6 Å². The summed E-state index contributed by atoms with van der Waals surface area (Å²) in [6, 6.07) is 3.92. The predicted octanol–water partition coefficient (Wildman–Crippen LogP) is 4.91. The molecule has 1 amide bonds. The molecule has 3 rings (SSSR count). The highest BCUT2D eigenvalue weighted by Gasteiger charge is 2.26. The molecule has 1 unspecified atom stereocenters. The van der Waals surface area contributed by atoms with E-state index in [1.165, 1.54) is 12.4 Å². The number of hydrogen-bond donors (Lipinski definition) is 1. The van der Waals surface area contributed by atoms with Crippen molar-refractivity contribution in [3.05, 3.63) is 54.4 Å². The number of fused-ring (bicyclic) bond motifs is 1. The third-order valence-electron chi connectivity index (χ3n) is 6.03. The summed E-state index contributed by atoms with van der Waals surface area (Å²) in [4.78, 5) is 28.4. The van der Waals surface area contributed by atoms with E-state index in [-0.39, 0.29) is 11.8 Å². The quantitative estimate of drug-likeness (QED) is 0.206. The van der Waals surface area contributed by atoms with E-state index in [0.717, 1.165) is 13.0 Å². The van der Waals surface area contributed by atoms with Gasteiger partial charge in [0, 0.05) is 55.9 Å². The van der Waals surface area contributed by atoms with Gasteiger partial charge < -0.3 is 19.5 Å². The van der Waals surface area contributed by atoms with Crippen LogP contribution in [0, 0.1) is 5.92 Å². The number of halogens is 1. The van der Waals surface area contributed by atoms with E-state index in [4.69, 9.17) is 25.8 Å². The van der Waals surface area contributed by atoms with Gasteiger partial charge >= 0.3 is 0 Å². The molecule has 1 N–H and O–H groups in total. The molecule has 38 heavy (non-hydrogen) atoms. The van der Waals surface area contributed by atoms with Crippen LogP contribution in [-0.2, 0) is 14.3 Å². The lowest BCUT2D eigenvalue weighted by Crippen LogP contribution is -2.50. The van der Waals surface area contributed by atoms with Crippen molar-refractivity contribution in [2.45, 2.75) is 26.3 Å². The largest absolute Gasteiger partial charge is 0.489 e. The first kappa shape index (κ1) is 29.4. The molecular weight excluding hydrogens is 506 g/mol. The van der Waals surface area contributed by atoms with Gasteiger partial charge in [-0.3, -0.25) is 9.69 Å². The average Bonchev–Trinajstić information content (AvgIpc) is 2.89. The van der Waals surface area contributed by atoms with E-state index in [9.17, 15) is 4.79 Å². The number of carbonyl (C=O) groups is 1. The number of nitrogens with one attached hydrogen (secondary N) is 1. The number of likely N-dealkylation sites (tertiary alicyclic amines) is 1. The van der Waals surface area contributed by atoms with E-state index >= 15 is 0 Å². The molecule has 2 aromatic rings. The second-order valence-corrected chi connectivity index (χ2v) is 9.55. The first-order valence-electron chi connectivity index (χ1n) is 12.6. The summed E-state index contributed by atoms with van der Waals surface area (Å²) in [5.74, 6) is 0.771. The van der Waals surface area contributed by atoms with Crippen molar-refractivity contribution in [3.8, 4) is 5.75 Å². The number of hydrogen-bond acceptors (Lipinski definition) is 8. The predicted molar refractivity (Wildman–Crippen MR) is 153 cm³/mol. The van der Waals surface area contributed by atoms with E-state index in [2.05, 4.69) is 31.8 Å². The monoisotopic (exact) mass is 541 g/mol. The van der Waals surface area contributed by atoms with Crippen molar-refractivity contribution in [3.63, 3.8) is 0 Å². The Kier molecular flexibility index (Phi) is 11.4. The highest BCUT2D eigenvalue weighted by molar-refractivity contribution is 6.32. The fourth-order valence-corrected chi connectivity index (χ4v) is 3.88. The lowest BCUT2D eigenvalue weighted by molar-refractivity contribution is -0.112. The van der Waals surface area contributed by atoms with Crippen LogP contribution in [0.25, 0.3) is 10.9 Å². The highest BCUT2D eigenvalue weighted by Crippen LogP contribution is 2.33. The van der Waals surface area contributed by atoms with Gasteiger partial charge in [-0.1, -0.05) is 38.1 Å². The van der Waals surface area contributed by atoms with Gasteiger partial charge in [0.15, 0.2) is 5.82 Å². The molecule has 0 saturated carbocycles. The van der Waals surface area contributed by atoms with E-state index in [1.807, 2.05) is 19.9 Å². The minimum Gasteiger partial charge on any atom is -0.489 e. The molecule has 0 spiro atoms. The van der Waals surface area contributed by atoms with Gasteiger partial charge in [-0.15, -0.1) is 0 Å². The highest BCUT2D eigenvalue weighted by atomic mass is 35.5. The number of allylic oxidation sites excluding steroid dienone is 3. The molecule has 1 atom stereocenters. The van der Waals surface area contributed by atoms with E-state index in [1.54, 1.807) is 38.5 Å². The Morgan fingerprint density at radius 1 is 1.29 bits per heavy atom. The summed E-state index contributed by atoms with van der Waals surface area (Å²) in [5.41, 5.74) is 1.66. The maximum Gasteiger partial charge on any atom is 0.248 e. The molecule has 1 aliphatic rings. The SMILES string of the molecule is C=CC(/C=C(/Cl)C(C)C)=Nc1ncnc2cc(OCCOC)c(NC(=O)C=CCN3CCC3COC)cc12. The zero-order valence-electron chi connectivity index (χ0n) is 22.4. The zero-order valence-corrected chi connectivity index (χ0v) is 23.2. The molecule has 204 valence electrons. The Labute approximate surface area is 229 Å². The van der Waals surface area contributed by atoms with Crippen molar-refractivity contribution in [2.24, 2.45) is 10.9 Å². The summed E-state index contributed by atoms with van der Waals surface area (Å²) in [6.07, 6.45) is 9.29. The first-order chi connectivity index (χ1) is 18.4. The summed E-state index contributed by atoms with van der Waals surface area (Å²) >= 11 is 6.34. The molecule has 1 aliphatic heterocycles. The number of aromatic nitrogens is 2. The molecule has 1 aromatic heterocycles. The standard InChI is InChI=1S/C28H36ClN5O4/c1-6-20(14-23(29)19(2)3)32-28-22-15-25(26(38-13-12-36-4)16-24(22)30-18-31-28)33-27(35)8-7-10-34-11-9-21(34)17-37-5/h6-8,14-16,18-19,21H,1,9-13,17H2,2-5H3,(H,33,35)/b8-7?,23-14+,32-20?. The van der Waals surface area contributed by atoms with E-state index in [0.29, 0.717) is 71.3 Å². The van der Waals surface area contributed by atoms with Crippen LogP contribution < -0.4 is 10.1 Å². The number of benzene rings is 1. The molecule has 0 aliphatic carbocycles. The molecule has 9 nitrogen and oxygen atoms in total. The van der Waals surface area contributed by atoms with Crippen LogP contribution in [0.2, 0.25) is 0 Å². The first-order valence-corrected chi connectivity index (χ1v) is 12.9. The minimum atomic E-state index is -0.273. The molecular formula is C28H36ClN5O4. The number of aliphatic imine (C=N–C) groups is 1. The molecule has 0 radical (unpaired) electrons. The molecule has 1 aromatic carbocycles. The lowest BCUT2D eigenvalue weighted by Gasteiger charge is -2.39. The minimum absolute atomic E-state index is 0.151. The van der Waals surface area contributed by atoms with Crippen molar-refractivity contribution >= 4 is 45.6 Å². The molecule has 2 heterocycles. The third kappa shape index (κ3) is 8.19. The molecule has 1 saturated heterocycles. The average molecular weight is 542 g/mol. The van der Waals surface area contributed by atoms with Crippen molar-refractivity contribution < 1.29 is 19.0 Å². The molecule has 1 fully saturated rings. The van der Waals surface area contributed by atoms with Crippen molar-refractivity contribution in [1.82, 2.24) is 14.9 Å². The van der Waals surface area contributed by atoms with Crippen LogP contribution in [0.3, 0.4) is 0 Å². The smallest absolute Gasteiger partial charge is 0.248 e. The number of amides is 1. The Bertz CT molecular complexity index is 1210. The Balaban J connectivity index is 1.89. The number of nitrogens with zero attached hydrogens (tertiary/aromatic N) is 4. The Morgan fingerprint density at radius 3 is 2.76 bits per heavy atom. The number of methoxy groups -OCH3 is 2. The summed E-state index contributed by atoms with van der Waals surface area (Å²) < 4.78 is 16.2. The Morgan fingerprint density at radius 2 is 2.11 bits per heavy atom. The van der Waals surface area contributed by atoms with Crippen LogP contribution in [0.15, 0.2) is 59.4 Å².